The van der Waals surface area contributed by atoms with Crippen LogP contribution in [0.15, 0.2) is 12.4 Å². The molecule has 0 N–H and O–H groups in total. The minimum Gasteiger partial charge on any atom is -0.241 e. The molecule has 0 unspecified atom stereocenters. The van der Waals surface area contributed by atoms with E-state index in [-0.39, 0.29) is 0 Å². The number of aromatic nitrogens is 2. The van der Waals surface area contributed by atoms with Gasteiger partial charge in [0.25, 0.3) is 0 Å². The molecule has 1 aromatic heterocycles. The van der Waals surface area contributed by atoms with E-state index in [4.69, 9.17) is 9.97 Å². The highest BCUT2D eigenvalue weighted by Gasteiger charge is 2.31. The van der Waals surface area contributed by atoms with E-state index in [0.29, 0.717) is 11.8 Å². The Morgan fingerprint density at radius 2 is 1.06 bits per heavy atom. The van der Waals surface area contributed by atoms with E-state index in [0.717, 1.165) is 29.5 Å². The zero-order chi connectivity index (χ0) is 22.9. The Balaban J connectivity index is 1.18. The molecule has 3 fully saturated rings. The van der Waals surface area contributed by atoms with Gasteiger partial charge in [0, 0.05) is 18.3 Å². The molecule has 0 radical (unpaired) electrons. The second-order valence-corrected chi connectivity index (χ2v) is 12.1. The van der Waals surface area contributed by atoms with Gasteiger partial charge in [0.05, 0.1) is 0 Å². The summed E-state index contributed by atoms with van der Waals surface area (Å²) in [4.78, 5) is 9.82. The third-order valence-electron chi connectivity index (χ3n) is 9.89. The maximum absolute atomic E-state index is 4.91. The molecule has 0 spiro atoms. The van der Waals surface area contributed by atoms with E-state index in [1.165, 1.54) is 128 Å². The van der Waals surface area contributed by atoms with E-state index in [2.05, 4.69) is 26.2 Å². The van der Waals surface area contributed by atoms with E-state index < -0.39 is 0 Å². The first kappa shape index (κ1) is 25.2. The maximum Gasteiger partial charge on any atom is 0.131 e. The normalized spacial score (nSPS) is 33.2. The molecule has 2 heteroatoms. The Labute approximate surface area is 205 Å². The first-order valence-corrected chi connectivity index (χ1v) is 15.1. The lowest BCUT2D eigenvalue weighted by Gasteiger charge is -2.38. The number of nitrogens with zero attached hydrogens (tertiary/aromatic N) is 2. The fourth-order valence-electron chi connectivity index (χ4n) is 7.53. The lowest BCUT2D eigenvalue weighted by Crippen LogP contribution is -2.25. The number of hydrogen-bond donors (Lipinski definition) is 0. The predicted molar refractivity (Wildman–Crippen MR) is 141 cm³/mol. The first-order valence-electron chi connectivity index (χ1n) is 15.1. The Kier molecular flexibility index (Phi) is 10.1. The molecule has 1 heterocycles. The maximum atomic E-state index is 4.91. The molecule has 0 amide bonds. The molecule has 0 saturated heterocycles. The van der Waals surface area contributed by atoms with Gasteiger partial charge in [-0.2, -0.15) is 0 Å². The number of hydrogen-bond acceptors (Lipinski definition) is 2. The average molecular weight is 453 g/mol. The topological polar surface area (TPSA) is 25.8 Å². The van der Waals surface area contributed by atoms with E-state index >= 15 is 0 Å². The van der Waals surface area contributed by atoms with Crippen molar-refractivity contribution in [2.45, 2.75) is 148 Å². The average Bonchev–Trinajstić information content (AvgIpc) is 2.89. The van der Waals surface area contributed by atoms with Gasteiger partial charge < -0.3 is 0 Å². The van der Waals surface area contributed by atoms with Gasteiger partial charge >= 0.3 is 0 Å². The van der Waals surface area contributed by atoms with Crippen molar-refractivity contribution in [2.24, 2.45) is 23.7 Å². The second-order valence-electron chi connectivity index (χ2n) is 12.1. The van der Waals surface area contributed by atoms with E-state index in [1.54, 1.807) is 0 Å². The molecule has 0 aliphatic heterocycles. The van der Waals surface area contributed by atoms with Gasteiger partial charge in [0.1, 0.15) is 5.82 Å². The fourth-order valence-corrected chi connectivity index (χ4v) is 7.53. The monoisotopic (exact) mass is 452 g/mol. The van der Waals surface area contributed by atoms with Crippen molar-refractivity contribution in [3.63, 3.8) is 0 Å². The van der Waals surface area contributed by atoms with Gasteiger partial charge in [-0.3, -0.25) is 0 Å². The molecule has 186 valence electrons. The number of unbranched alkanes of at least 4 members (excludes halogenated alkanes) is 3. The highest BCUT2D eigenvalue weighted by Crippen LogP contribution is 2.44. The van der Waals surface area contributed by atoms with Crippen LogP contribution in [0.4, 0.5) is 0 Å². The molecular formula is C31H52N2. The summed E-state index contributed by atoms with van der Waals surface area (Å²) in [7, 11) is 0. The smallest absolute Gasteiger partial charge is 0.131 e. The zero-order valence-electron chi connectivity index (χ0n) is 21.9. The Morgan fingerprint density at radius 3 is 1.64 bits per heavy atom. The molecule has 2 nitrogen and oxygen atoms in total. The van der Waals surface area contributed by atoms with Gasteiger partial charge in [-0.25, -0.2) is 9.97 Å². The summed E-state index contributed by atoms with van der Waals surface area (Å²) in [6, 6.07) is 0. The summed E-state index contributed by atoms with van der Waals surface area (Å²) >= 11 is 0. The highest BCUT2D eigenvalue weighted by atomic mass is 14.9. The minimum atomic E-state index is 0.615. The second kappa shape index (κ2) is 13.2. The van der Waals surface area contributed by atoms with Crippen LogP contribution >= 0.6 is 0 Å². The van der Waals surface area contributed by atoms with Crippen LogP contribution in [0.1, 0.15) is 159 Å². The van der Waals surface area contributed by atoms with Crippen molar-refractivity contribution in [2.75, 3.05) is 0 Å². The van der Waals surface area contributed by atoms with Crippen molar-refractivity contribution in [1.82, 2.24) is 9.97 Å². The molecule has 1 aromatic rings. The van der Waals surface area contributed by atoms with Crippen LogP contribution in [-0.2, 0) is 0 Å². The summed E-state index contributed by atoms with van der Waals surface area (Å²) in [6.45, 7) is 4.65. The molecule has 0 atom stereocenters. The lowest BCUT2D eigenvalue weighted by molar-refractivity contribution is 0.155. The minimum absolute atomic E-state index is 0.615. The number of rotatable bonds is 10. The van der Waals surface area contributed by atoms with Crippen molar-refractivity contribution in [3.8, 4) is 0 Å². The van der Waals surface area contributed by atoms with Gasteiger partial charge in [-0.1, -0.05) is 71.6 Å². The van der Waals surface area contributed by atoms with Gasteiger partial charge in [0.2, 0.25) is 0 Å². The molecular weight excluding hydrogens is 400 g/mol. The summed E-state index contributed by atoms with van der Waals surface area (Å²) in [6.07, 6.45) is 31.4. The Morgan fingerprint density at radius 1 is 0.576 bits per heavy atom. The lowest BCUT2D eigenvalue weighted by atomic mass is 9.68. The SMILES string of the molecule is CCCCCC1CCC(c2ncc(C3CCC(C4CCC(CCCC)CC4)CC3)cn2)CC1. The molecule has 3 aliphatic rings. The van der Waals surface area contributed by atoms with E-state index in [9.17, 15) is 0 Å². The summed E-state index contributed by atoms with van der Waals surface area (Å²) < 4.78 is 0. The molecule has 3 saturated carbocycles. The summed E-state index contributed by atoms with van der Waals surface area (Å²) in [5.74, 6) is 6.51. The van der Waals surface area contributed by atoms with Gasteiger partial charge in [0.15, 0.2) is 0 Å². The van der Waals surface area contributed by atoms with Crippen molar-refractivity contribution in [3.05, 3.63) is 23.8 Å². The molecule has 33 heavy (non-hydrogen) atoms. The predicted octanol–water partition coefficient (Wildman–Crippen LogP) is 9.60. The van der Waals surface area contributed by atoms with Crippen LogP contribution in [0.5, 0.6) is 0 Å². The third kappa shape index (κ3) is 7.28. The van der Waals surface area contributed by atoms with Crippen molar-refractivity contribution in [1.29, 1.82) is 0 Å². The molecule has 0 bridgehead atoms. The van der Waals surface area contributed by atoms with Crippen molar-refractivity contribution < 1.29 is 0 Å². The summed E-state index contributed by atoms with van der Waals surface area (Å²) in [5, 5.41) is 0. The standard InChI is InChI=1S/C31H52N2/c1-3-5-7-9-25-12-16-29(17-13-25)31-32-22-30(23-33-31)28-20-18-27(19-21-28)26-14-10-24(11-15-26)8-6-4-2/h22-29H,3-21H2,1-2H3. The summed E-state index contributed by atoms with van der Waals surface area (Å²) in [5.41, 5.74) is 1.42. The fraction of sp³-hybridized carbons (Fsp3) is 0.871. The van der Waals surface area contributed by atoms with Crippen LogP contribution in [0.2, 0.25) is 0 Å². The Hall–Kier alpha value is -0.920. The quantitative estimate of drug-likeness (QED) is 0.330. The third-order valence-corrected chi connectivity index (χ3v) is 9.89. The Bertz CT molecular complexity index is 644. The van der Waals surface area contributed by atoms with Crippen LogP contribution in [0, 0.1) is 23.7 Å². The van der Waals surface area contributed by atoms with Crippen LogP contribution in [0.3, 0.4) is 0 Å². The molecule has 4 rings (SSSR count). The molecule has 0 aromatic carbocycles. The van der Waals surface area contributed by atoms with Crippen LogP contribution in [-0.4, -0.2) is 9.97 Å². The zero-order valence-corrected chi connectivity index (χ0v) is 21.9. The first-order chi connectivity index (χ1) is 16.3. The van der Waals surface area contributed by atoms with Gasteiger partial charge in [-0.15, -0.1) is 0 Å². The van der Waals surface area contributed by atoms with E-state index in [1.807, 2.05) is 0 Å². The van der Waals surface area contributed by atoms with Gasteiger partial charge in [-0.05, 0) is 99.4 Å². The largest absolute Gasteiger partial charge is 0.241 e. The van der Waals surface area contributed by atoms with Crippen LogP contribution in [0.25, 0.3) is 0 Å². The van der Waals surface area contributed by atoms with Crippen molar-refractivity contribution >= 4 is 0 Å². The highest BCUT2D eigenvalue weighted by molar-refractivity contribution is 5.14. The van der Waals surface area contributed by atoms with Crippen LogP contribution < -0.4 is 0 Å². The molecule has 3 aliphatic carbocycles.